The highest BCUT2D eigenvalue weighted by Gasteiger charge is 2.32. The number of pyridine rings is 2. The molecule has 1 aromatic carbocycles. The first-order valence-electron chi connectivity index (χ1n) is 11.7. The predicted octanol–water partition coefficient (Wildman–Crippen LogP) is 3.06. The van der Waals surface area contributed by atoms with Crippen LogP contribution < -0.4 is 21.1 Å². The van der Waals surface area contributed by atoms with Crippen molar-refractivity contribution < 1.29 is 27.5 Å². The maximum atomic E-state index is 12.9. The smallest absolute Gasteiger partial charge is 0.404 e. The molecule has 4 rings (SSSR count). The number of hydrogen-bond donors (Lipinski definition) is 3. The lowest BCUT2D eigenvalue weighted by molar-refractivity contribution is -0.274. The Balaban J connectivity index is 1.47. The number of ether oxygens (including phenoxy) is 1. The van der Waals surface area contributed by atoms with Gasteiger partial charge in [0.25, 0.3) is 5.91 Å². The monoisotopic (exact) mass is 529 g/mol. The van der Waals surface area contributed by atoms with Gasteiger partial charge < -0.3 is 26.0 Å². The number of anilines is 3. The van der Waals surface area contributed by atoms with Crippen LogP contribution in [-0.4, -0.2) is 77.7 Å². The molecule has 1 aliphatic rings. The minimum absolute atomic E-state index is 0.00281. The fourth-order valence-electron chi connectivity index (χ4n) is 3.78. The SMILES string of the molecule is CN1CCN(CC(=O)Nc2cc(C(=O)Nc3ccc(-c4ccc(N)nc4)cn3)ccc2OC(F)(F)F)CC1. The summed E-state index contributed by atoms with van der Waals surface area (Å²) in [5, 5.41) is 5.04. The lowest BCUT2D eigenvalue weighted by atomic mass is 10.1. The number of nitrogens with zero attached hydrogens (tertiary/aromatic N) is 4. The number of carbonyl (C=O) groups is 2. The topological polar surface area (TPSA) is 126 Å². The van der Waals surface area contributed by atoms with E-state index in [0.717, 1.165) is 36.3 Å². The third-order valence-electron chi connectivity index (χ3n) is 5.83. The standard InChI is InChI=1S/C25H26F3N7O3/c1-34-8-10-35(11-9-34)15-23(36)32-19-12-16(2-5-20(19)38-25(26,27)28)24(37)33-22-7-4-18(14-31-22)17-3-6-21(29)30-13-17/h2-7,12-14H,8-11,15H2,1H3,(H2,29,30)(H,32,36)(H,31,33,37). The minimum atomic E-state index is -4.98. The van der Waals surface area contributed by atoms with Crippen molar-refractivity contribution in [3.8, 4) is 16.9 Å². The van der Waals surface area contributed by atoms with Crippen LogP contribution in [0.15, 0.2) is 54.9 Å². The van der Waals surface area contributed by atoms with Crippen molar-refractivity contribution in [3.63, 3.8) is 0 Å². The van der Waals surface area contributed by atoms with Gasteiger partial charge in [0, 0.05) is 55.3 Å². The number of nitrogens with one attached hydrogen (secondary N) is 2. The lowest BCUT2D eigenvalue weighted by Gasteiger charge is -2.31. The van der Waals surface area contributed by atoms with Gasteiger partial charge in [0.15, 0.2) is 5.75 Å². The Labute approximate surface area is 216 Å². The molecule has 0 bridgehead atoms. The fraction of sp³-hybridized carbons (Fsp3) is 0.280. The van der Waals surface area contributed by atoms with E-state index in [9.17, 15) is 22.8 Å². The first kappa shape index (κ1) is 26.8. The van der Waals surface area contributed by atoms with Gasteiger partial charge in [0.1, 0.15) is 11.6 Å². The van der Waals surface area contributed by atoms with Gasteiger partial charge in [-0.25, -0.2) is 9.97 Å². The lowest BCUT2D eigenvalue weighted by Crippen LogP contribution is -2.47. The predicted molar refractivity (Wildman–Crippen MR) is 136 cm³/mol. The number of hydrogen-bond acceptors (Lipinski definition) is 8. The molecule has 1 fully saturated rings. The van der Waals surface area contributed by atoms with Crippen molar-refractivity contribution in [2.45, 2.75) is 6.36 Å². The zero-order valence-electron chi connectivity index (χ0n) is 20.5. The second-order valence-corrected chi connectivity index (χ2v) is 8.74. The largest absolute Gasteiger partial charge is 0.573 e. The number of piperazine rings is 1. The molecule has 38 heavy (non-hydrogen) atoms. The number of nitrogens with two attached hydrogens (primary N) is 1. The van der Waals surface area contributed by atoms with E-state index in [1.807, 2.05) is 11.9 Å². The molecule has 3 aromatic rings. The summed E-state index contributed by atoms with van der Waals surface area (Å²) in [5.74, 6) is -1.17. The van der Waals surface area contributed by atoms with E-state index < -0.39 is 23.9 Å². The Hall–Kier alpha value is -4.23. The van der Waals surface area contributed by atoms with E-state index in [0.29, 0.717) is 18.9 Å². The third kappa shape index (κ3) is 7.40. The van der Waals surface area contributed by atoms with Crippen LogP contribution in [0.25, 0.3) is 11.1 Å². The van der Waals surface area contributed by atoms with Gasteiger partial charge in [0.05, 0.1) is 12.2 Å². The zero-order chi connectivity index (χ0) is 27.3. The van der Waals surface area contributed by atoms with E-state index in [2.05, 4.69) is 30.2 Å². The normalized spacial score (nSPS) is 14.6. The van der Waals surface area contributed by atoms with Crippen LogP contribution >= 0.6 is 0 Å². The second kappa shape index (κ2) is 11.4. The van der Waals surface area contributed by atoms with Crippen LogP contribution in [0.1, 0.15) is 10.4 Å². The third-order valence-corrected chi connectivity index (χ3v) is 5.83. The van der Waals surface area contributed by atoms with Crippen LogP contribution in [0.4, 0.5) is 30.5 Å². The van der Waals surface area contributed by atoms with Gasteiger partial charge in [-0.2, -0.15) is 0 Å². The molecule has 0 unspecified atom stereocenters. The quantitative estimate of drug-likeness (QED) is 0.427. The molecule has 0 saturated carbocycles. The Morgan fingerprint density at radius 3 is 2.26 bits per heavy atom. The average molecular weight is 530 g/mol. The van der Waals surface area contributed by atoms with Crippen LogP contribution in [0, 0.1) is 0 Å². The molecule has 10 nitrogen and oxygen atoms in total. The molecule has 0 spiro atoms. The van der Waals surface area contributed by atoms with Crippen molar-refractivity contribution >= 4 is 29.1 Å². The Kier molecular flexibility index (Phi) is 8.08. The zero-order valence-corrected chi connectivity index (χ0v) is 20.5. The molecule has 3 heterocycles. The summed E-state index contributed by atoms with van der Waals surface area (Å²) in [6.07, 6.45) is -1.85. The maximum Gasteiger partial charge on any atom is 0.573 e. The number of halogens is 3. The van der Waals surface area contributed by atoms with Gasteiger partial charge in [-0.1, -0.05) is 0 Å². The summed E-state index contributed by atoms with van der Waals surface area (Å²) in [6, 6.07) is 10.0. The molecule has 13 heteroatoms. The van der Waals surface area contributed by atoms with Gasteiger partial charge in [-0.05, 0) is 49.5 Å². The maximum absolute atomic E-state index is 12.9. The fourth-order valence-corrected chi connectivity index (χ4v) is 3.78. The van der Waals surface area contributed by atoms with Crippen LogP contribution in [0.3, 0.4) is 0 Å². The summed E-state index contributed by atoms with van der Waals surface area (Å²) in [6.45, 7) is 2.85. The summed E-state index contributed by atoms with van der Waals surface area (Å²) < 4.78 is 42.9. The Bertz CT molecular complexity index is 1280. The highest BCUT2D eigenvalue weighted by Crippen LogP contribution is 2.31. The van der Waals surface area contributed by atoms with Gasteiger partial charge in [-0.3, -0.25) is 14.5 Å². The number of alkyl halides is 3. The summed E-state index contributed by atoms with van der Waals surface area (Å²) in [4.78, 5) is 37.7. The summed E-state index contributed by atoms with van der Waals surface area (Å²) in [5.41, 5.74) is 6.85. The number of aromatic nitrogens is 2. The summed E-state index contributed by atoms with van der Waals surface area (Å²) in [7, 11) is 1.97. The van der Waals surface area contributed by atoms with Crippen molar-refractivity contribution in [3.05, 3.63) is 60.4 Å². The van der Waals surface area contributed by atoms with Crippen molar-refractivity contribution in [1.82, 2.24) is 19.8 Å². The molecule has 2 amide bonds. The highest BCUT2D eigenvalue weighted by atomic mass is 19.4. The van der Waals surface area contributed by atoms with Crippen LogP contribution in [-0.2, 0) is 4.79 Å². The molecule has 1 aliphatic heterocycles. The number of likely N-dealkylation sites (N-methyl/N-ethyl adjacent to an activating group) is 1. The molecule has 1 saturated heterocycles. The average Bonchev–Trinajstić information content (AvgIpc) is 2.86. The molecule has 2 aromatic heterocycles. The number of rotatable bonds is 7. The van der Waals surface area contributed by atoms with Gasteiger partial charge in [0.2, 0.25) is 5.91 Å². The molecule has 0 aliphatic carbocycles. The highest BCUT2D eigenvalue weighted by molar-refractivity contribution is 6.05. The van der Waals surface area contributed by atoms with E-state index in [1.54, 1.807) is 30.5 Å². The number of benzene rings is 1. The van der Waals surface area contributed by atoms with Crippen LogP contribution in [0.2, 0.25) is 0 Å². The molecular formula is C25H26F3N7O3. The molecule has 4 N–H and O–H groups in total. The van der Waals surface area contributed by atoms with E-state index in [4.69, 9.17) is 5.73 Å². The molecule has 0 radical (unpaired) electrons. The summed E-state index contributed by atoms with van der Waals surface area (Å²) >= 11 is 0. The Morgan fingerprint density at radius 1 is 0.974 bits per heavy atom. The van der Waals surface area contributed by atoms with E-state index >= 15 is 0 Å². The molecular weight excluding hydrogens is 503 g/mol. The van der Waals surface area contributed by atoms with E-state index in [-0.39, 0.29) is 23.6 Å². The second-order valence-electron chi connectivity index (χ2n) is 8.74. The van der Waals surface area contributed by atoms with Crippen molar-refractivity contribution in [1.29, 1.82) is 0 Å². The van der Waals surface area contributed by atoms with Crippen molar-refractivity contribution in [2.75, 3.05) is 56.1 Å². The first-order valence-corrected chi connectivity index (χ1v) is 11.7. The number of nitrogen functional groups attached to an aromatic ring is 1. The number of amides is 2. The van der Waals surface area contributed by atoms with Crippen LogP contribution in [0.5, 0.6) is 5.75 Å². The number of carbonyl (C=O) groups excluding carboxylic acids is 2. The van der Waals surface area contributed by atoms with Crippen molar-refractivity contribution in [2.24, 2.45) is 0 Å². The molecule has 200 valence electrons. The molecule has 0 atom stereocenters. The van der Waals surface area contributed by atoms with Gasteiger partial charge in [-0.15, -0.1) is 13.2 Å². The van der Waals surface area contributed by atoms with Gasteiger partial charge >= 0.3 is 6.36 Å². The van der Waals surface area contributed by atoms with E-state index in [1.165, 1.54) is 12.3 Å². The minimum Gasteiger partial charge on any atom is -0.404 e. The first-order chi connectivity index (χ1) is 18.1. The Morgan fingerprint density at radius 2 is 1.66 bits per heavy atom.